The molecule has 0 bridgehead atoms. The third kappa shape index (κ3) is 6.16. The fourth-order valence-corrected chi connectivity index (χ4v) is 5.28. The number of hydrogen-bond acceptors (Lipinski definition) is 6. The lowest BCUT2D eigenvalue weighted by atomic mass is 10.0. The predicted molar refractivity (Wildman–Crippen MR) is 117 cm³/mol. The van der Waals surface area contributed by atoms with Crippen LogP contribution in [-0.4, -0.2) is 69.4 Å². The van der Waals surface area contributed by atoms with Crippen LogP contribution in [-0.2, 0) is 26.2 Å². The lowest BCUT2D eigenvalue weighted by Gasteiger charge is -2.30. The molecule has 1 heterocycles. The van der Waals surface area contributed by atoms with E-state index >= 15 is 0 Å². The fourth-order valence-electron chi connectivity index (χ4n) is 3.55. The number of methoxy groups -OCH3 is 1. The van der Waals surface area contributed by atoms with Gasteiger partial charge in [0.15, 0.2) is 17.5 Å². The number of amides is 1. The summed E-state index contributed by atoms with van der Waals surface area (Å²) in [5.74, 6) is -5.73. The Hall–Kier alpha value is -2.58. The highest BCUT2D eigenvalue weighted by atomic mass is 32.2. The molecule has 2 aromatic carbocycles. The predicted octanol–water partition coefficient (Wildman–Crippen LogP) is 2.61. The monoisotopic (exact) mass is 520 g/mol. The summed E-state index contributed by atoms with van der Waals surface area (Å²) >= 11 is 0. The minimum absolute atomic E-state index is 0.0264. The fraction of sp³-hybridized carbons (Fsp3) is 0.409. The number of ether oxygens (including phenoxy) is 2. The summed E-state index contributed by atoms with van der Waals surface area (Å²) in [5.41, 5.74) is -2.45. The number of aliphatic hydroxyl groups is 1. The van der Waals surface area contributed by atoms with E-state index < -0.39 is 56.2 Å². The number of sulfonamides is 1. The number of hydrogen-bond donors (Lipinski definition) is 2. The van der Waals surface area contributed by atoms with Crippen molar-refractivity contribution in [1.82, 2.24) is 4.31 Å². The number of nitrogens with one attached hydrogen (secondary N) is 1. The Labute approximate surface area is 199 Å². The summed E-state index contributed by atoms with van der Waals surface area (Å²) in [4.78, 5) is 12.1. The highest BCUT2D eigenvalue weighted by Crippen LogP contribution is 2.27. The Morgan fingerprint density at radius 2 is 1.91 bits per heavy atom. The molecule has 192 valence electrons. The first-order valence-corrected chi connectivity index (χ1v) is 11.9. The Kier molecular flexibility index (Phi) is 8.49. The molecule has 1 fully saturated rings. The minimum atomic E-state index is -4.41. The largest absolute Gasteiger partial charge is 0.386 e. The Balaban J connectivity index is 1.93. The highest BCUT2D eigenvalue weighted by molar-refractivity contribution is 7.89. The number of carbonyl (C=O) groups excluding carboxylic acids is 1. The Morgan fingerprint density at radius 1 is 1.23 bits per heavy atom. The molecule has 1 saturated heterocycles. The topological polar surface area (TPSA) is 105 Å². The van der Waals surface area contributed by atoms with Crippen LogP contribution in [0.1, 0.15) is 22.3 Å². The van der Waals surface area contributed by atoms with Crippen molar-refractivity contribution < 1.29 is 45.4 Å². The van der Waals surface area contributed by atoms with Crippen molar-refractivity contribution in [2.45, 2.75) is 23.6 Å². The van der Waals surface area contributed by atoms with Gasteiger partial charge in [0, 0.05) is 62.2 Å². The van der Waals surface area contributed by atoms with Crippen molar-refractivity contribution >= 4 is 21.6 Å². The van der Waals surface area contributed by atoms with Crippen LogP contribution in [0.3, 0.4) is 0 Å². The molecular weight excluding hydrogens is 496 g/mol. The van der Waals surface area contributed by atoms with Gasteiger partial charge in [-0.1, -0.05) is 6.07 Å². The van der Waals surface area contributed by atoms with E-state index in [1.54, 1.807) is 0 Å². The smallest absolute Gasteiger partial charge is 0.255 e. The summed E-state index contributed by atoms with van der Waals surface area (Å²) in [6.07, 6.45) is 0.0821. The molecule has 3 rings (SSSR count). The van der Waals surface area contributed by atoms with Crippen LogP contribution in [0.5, 0.6) is 0 Å². The summed E-state index contributed by atoms with van der Waals surface area (Å²) in [6.45, 7) is -1.66. The van der Waals surface area contributed by atoms with Crippen molar-refractivity contribution in [3.8, 4) is 0 Å². The molecule has 1 unspecified atom stereocenters. The molecule has 2 N–H and O–H groups in total. The molecule has 0 aliphatic carbocycles. The molecule has 1 aliphatic rings. The number of rotatable bonds is 8. The second-order valence-corrected chi connectivity index (χ2v) is 9.93. The zero-order chi connectivity index (χ0) is 25.8. The molecule has 13 heteroatoms. The van der Waals surface area contributed by atoms with E-state index in [4.69, 9.17) is 9.47 Å². The van der Waals surface area contributed by atoms with Crippen molar-refractivity contribution in [3.63, 3.8) is 0 Å². The van der Waals surface area contributed by atoms with E-state index in [1.165, 1.54) is 7.11 Å². The third-order valence-electron chi connectivity index (χ3n) is 5.43. The van der Waals surface area contributed by atoms with E-state index in [0.717, 1.165) is 22.5 Å². The zero-order valence-corrected chi connectivity index (χ0v) is 19.5. The van der Waals surface area contributed by atoms with Gasteiger partial charge in [-0.2, -0.15) is 4.31 Å². The van der Waals surface area contributed by atoms with Gasteiger partial charge in [0.2, 0.25) is 10.0 Å². The summed E-state index contributed by atoms with van der Waals surface area (Å²) in [5, 5.41) is 13.0. The molecule has 0 saturated carbocycles. The first-order valence-electron chi connectivity index (χ1n) is 10.4. The molecule has 0 aromatic heterocycles. The van der Waals surface area contributed by atoms with Crippen LogP contribution in [0.2, 0.25) is 0 Å². The van der Waals surface area contributed by atoms with Gasteiger partial charge in [0.05, 0.1) is 18.1 Å². The zero-order valence-electron chi connectivity index (χ0n) is 18.7. The second kappa shape index (κ2) is 11.0. The van der Waals surface area contributed by atoms with E-state index in [0.29, 0.717) is 12.1 Å². The van der Waals surface area contributed by atoms with Gasteiger partial charge in [-0.3, -0.25) is 4.79 Å². The van der Waals surface area contributed by atoms with Gasteiger partial charge in [0.1, 0.15) is 12.3 Å². The Bertz CT molecular complexity index is 1170. The first kappa shape index (κ1) is 27.0. The standard InChI is InChI=1S/C22H24F4N2O6S/c1-33-6-4-22(30)12-28(5-7-34-13-22)35(31,32)19-8-14(2-3-15(19)11-23)21(29)27-16-9-17(24)20(26)18(25)10-16/h2-3,8-10,30H,4-7,11-13H2,1H3,(H,27,29). The van der Waals surface area contributed by atoms with Crippen LogP contribution >= 0.6 is 0 Å². The van der Waals surface area contributed by atoms with E-state index in [2.05, 4.69) is 5.32 Å². The van der Waals surface area contributed by atoms with Crippen LogP contribution in [0, 0.1) is 17.5 Å². The third-order valence-corrected chi connectivity index (χ3v) is 7.36. The van der Waals surface area contributed by atoms with E-state index in [9.17, 15) is 35.9 Å². The molecular formula is C22H24F4N2O6S. The van der Waals surface area contributed by atoms with Crippen LogP contribution in [0.15, 0.2) is 35.2 Å². The van der Waals surface area contributed by atoms with Gasteiger partial charge in [-0.15, -0.1) is 0 Å². The van der Waals surface area contributed by atoms with Crippen molar-refractivity contribution in [2.24, 2.45) is 0 Å². The van der Waals surface area contributed by atoms with E-state index in [1.807, 2.05) is 0 Å². The average Bonchev–Trinajstić information content (AvgIpc) is 3.03. The number of β-amino-alcohol motifs (C(OH)–C–C–N with tert-alkyl or cyclic N) is 1. The van der Waals surface area contributed by atoms with Gasteiger partial charge in [-0.05, 0) is 12.1 Å². The number of anilines is 1. The maximum Gasteiger partial charge on any atom is 0.255 e. The van der Waals surface area contributed by atoms with Crippen molar-refractivity contribution in [1.29, 1.82) is 0 Å². The molecule has 0 radical (unpaired) electrons. The quantitative estimate of drug-likeness (QED) is 0.410. The summed E-state index contributed by atoms with van der Waals surface area (Å²) < 4.78 is 91.9. The number of nitrogens with zero attached hydrogens (tertiary/aromatic N) is 1. The first-order chi connectivity index (χ1) is 16.5. The number of benzene rings is 2. The van der Waals surface area contributed by atoms with Crippen molar-refractivity contribution in [2.75, 3.05) is 45.3 Å². The normalized spacial score (nSPS) is 19.4. The van der Waals surface area contributed by atoms with Gasteiger partial charge >= 0.3 is 0 Å². The highest BCUT2D eigenvalue weighted by Gasteiger charge is 2.38. The van der Waals surface area contributed by atoms with Gasteiger partial charge < -0.3 is 19.9 Å². The lowest BCUT2D eigenvalue weighted by molar-refractivity contribution is -0.0493. The van der Waals surface area contributed by atoms with Crippen LogP contribution in [0.25, 0.3) is 0 Å². The molecule has 8 nitrogen and oxygen atoms in total. The molecule has 1 atom stereocenters. The van der Waals surface area contributed by atoms with Crippen LogP contribution < -0.4 is 5.32 Å². The molecule has 0 spiro atoms. The SMILES string of the molecule is COCCC1(O)COCCN(S(=O)(=O)c2cc(C(=O)Nc3cc(F)c(F)c(F)c3)ccc2CF)C1. The number of alkyl halides is 1. The maximum atomic E-state index is 13.7. The van der Waals surface area contributed by atoms with E-state index in [-0.39, 0.29) is 50.5 Å². The Morgan fingerprint density at radius 3 is 2.54 bits per heavy atom. The van der Waals surface area contributed by atoms with Crippen molar-refractivity contribution in [3.05, 3.63) is 58.9 Å². The maximum absolute atomic E-state index is 13.7. The lowest BCUT2D eigenvalue weighted by Crippen LogP contribution is -2.47. The molecule has 1 amide bonds. The molecule has 2 aromatic rings. The van der Waals surface area contributed by atoms with Gasteiger partial charge in [-0.25, -0.2) is 26.0 Å². The molecule has 1 aliphatic heterocycles. The molecule has 35 heavy (non-hydrogen) atoms. The minimum Gasteiger partial charge on any atom is -0.386 e. The van der Waals surface area contributed by atoms with Gasteiger partial charge in [0.25, 0.3) is 5.91 Å². The summed E-state index contributed by atoms with van der Waals surface area (Å²) in [6, 6.07) is 4.28. The number of carbonyl (C=O) groups is 1. The average molecular weight is 521 g/mol. The second-order valence-electron chi connectivity index (χ2n) is 8.02. The number of halogens is 4. The summed E-state index contributed by atoms with van der Waals surface area (Å²) in [7, 11) is -2.98. The van der Waals surface area contributed by atoms with Crippen LogP contribution in [0.4, 0.5) is 23.2 Å².